The molecule has 1 aromatic carbocycles. The Hall–Kier alpha value is -2.56. The molecule has 162 valence electrons. The molecule has 1 aromatic heterocycles. The lowest BCUT2D eigenvalue weighted by atomic mass is 10.2. The summed E-state index contributed by atoms with van der Waals surface area (Å²) in [6.07, 6.45) is 0.761. The standard InChI is InChI=1S/C19H22ClN3O6S/c1-2-29-19(26)22-10-8-21(9-11-22)13-14-6-7-23(18(25)17(14)24)30(27,28)16-5-3-4-15(20)12-16/h3-7,12,24H,2,8-11,13H2,1H3. The Balaban J connectivity index is 1.76. The second-order valence-corrected chi connectivity index (χ2v) is 8.97. The number of benzene rings is 1. The van der Waals surface area contributed by atoms with E-state index >= 15 is 0 Å². The minimum absolute atomic E-state index is 0.153. The number of carbonyl (C=O) groups excluding carboxylic acids is 1. The van der Waals surface area contributed by atoms with Crippen LogP contribution in [0.2, 0.25) is 5.02 Å². The van der Waals surface area contributed by atoms with Crippen molar-refractivity contribution >= 4 is 27.7 Å². The van der Waals surface area contributed by atoms with Crippen LogP contribution in [0.4, 0.5) is 4.79 Å². The maximum absolute atomic E-state index is 12.7. The van der Waals surface area contributed by atoms with Gasteiger partial charge in [-0.05, 0) is 31.2 Å². The molecule has 30 heavy (non-hydrogen) atoms. The van der Waals surface area contributed by atoms with Gasteiger partial charge in [0.05, 0.1) is 11.5 Å². The third-order valence-electron chi connectivity index (χ3n) is 4.76. The number of ether oxygens (including phenoxy) is 1. The molecule has 0 saturated carbocycles. The molecule has 1 aliphatic heterocycles. The number of carbonyl (C=O) groups is 1. The monoisotopic (exact) mass is 455 g/mol. The van der Waals surface area contributed by atoms with Crippen molar-refractivity contribution in [2.45, 2.75) is 18.4 Å². The van der Waals surface area contributed by atoms with Gasteiger partial charge in [-0.25, -0.2) is 17.2 Å². The molecule has 9 nitrogen and oxygen atoms in total. The third kappa shape index (κ3) is 4.61. The fourth-order valence-electron chi connectivity index (χ4n) is 3.15. The Kier molecular flexibility index (Phi) is 6.69. The first-order valence-electron chi connectivity index (χ1n) is 9.32. The van der Waals surface area contributed by atoms with E-state index in [0.717, 1.165) is 6.20 Å². The predicted molar refractivity (Wildman–Crippen MR) is 110 cm³/mol. The van der Waals surface area contributed by atoms with Gasteiger partial charge in [0, 0.05) is 49.5 Å². The molecule has 2 aromatic rings. The molecular weight excluding hydrogens is 434 g/mol. The van der Waals surface area contributed by atoms with E-state index < -0.39 is 21.3 Å². The number of aromatic hydroxyl groups is 1. The minimum Gasteiger partial charge on any atom is -0.503 e. The topological polar surface area (TPSA) is 109 Å². The van der Waals surface area contributed by atoms with Crippen LogP contribution in [-0.2, 0) is 21.3 Å². The van der Waals surface area contributed by atoms with Crippen molar-refractivity contribution < 1.29 is 23.1 Å². The summed E-state index contributed by atoms with van der Waals surface area (Å²) in [7, 11) is -4.20. The zero-order valence-electron chi connectivity index (χ0n) is 16.3. The highest BCUT2D eigenvalue weighted by molar-refractivity contribution is 7.90. The lowest BCUT2D eigenvalue weighted by Crippen LogP contribution is -2.48. The van der Waals surface area contributed by atoms with Crippen LogP contribution in [-0.4, -0.2) is 66.2 Å². The van der Waals surface area contributed by atoms with Gasteiger partial charge in [0.1, 0.15) is 0 Å². The highest BCUT2D eigenvalue weighted by atomic mass is 35.5. The maximum Gasteiger partial charge on any atom is 0.409 e. The third-order valence-corrected chi connectivity index (χ3v) is 6.65. The Morgan fingerprint density at radius 3 is 2.53 bits per heavy atom. The molecule has 0 spiro atoms. The summed E-state index contributed by atoms with van der Waals surface area (Å²) >= 11 is 5.85. The van der Waals surface area contributed by atoms with Crippen LogP contribution in [0.3, 0.4) is 0 Å². The fourth-order valence-corrected chi connectivity index (χ4v) is 4.68. The van der Waals surface area contributed by atoms with E-state index in [4.69, 9.17) is 16.3 Å². The highest BCUT2D eigenvalue weighted by Crippen LogP contribution is 2.20. The number of nitrogens with zero attached hydrogens (tertiary/aromatic N) is 3. The van der Waals surface area contributed by atoms with E-state index in [9.17, 15) is 23.1 Å². The Bertz CT molecular complexity index is 1090. The van der Waals surface area contributed by atoms with E-state index in [1.165, 1.54) is 30.3 Å². The number of pyridine rings is 1. The van der Waals surface area contributed by atoms with Crippen molar-refractivity contribution in [3.05, 3.63) is 57.5 Å². The number of hydrogen-bond acceptors (Lipinski definition) is 7. The van der Waals surface area contributed by atoms with E-state index in [1.54, 1.807) is 11.8 Å². The van der Waals surface area contributed by atoms with Crippen molar-refractivity contribution in [3.8, 4) is 5.75 Å². The van der Waals surface area contributed by atoms with Crippen LogP contribution >= 0.6 is 11.6 Å². The number of hydrogen-bond donors (Lipinski definition) is 1. The molecule has 3 rings (SSSR count). The highest BCUT2D eigenvalue weighted by Gasteiger charge is 2.25. The lowest BCUT2D eigenvalue weighted by molar-refractivity contribution is 0.0776. The van der Waals surface area contributed by atoms with Gasteiger partial charge >= 0.3 is 11.7 Å². The summed E-state index contributed by atoms with van der Waals surface area (Å²) in [6, 6.07) is 6.94. The molecule has 0 radical (unpaired) electrons. The van der Waals surface area contributed by atoms with Gasteiger partial charge in [0.2, 0.25) is 0 Å². The van der Waals surface area contributed by atoms with Gasteiger partial charge < -0.3 is 14.7 Å². The molecule has 1 saturated heterocycles. The molecular formula is C19H22ClN3O6S. The first-order valence-corrected chi connectivity index (χ1v) is 11.1. The van der Waals surface area contributed by atoms with Gasteiger partial charge in [0.15, 0.2) is 5.75 Å². The van der Waals surface area contributed by atoms with E-state index in [2.05, 4.69) is 0 Å². The van der Waals surface area contributed by atoms with Gasteiger partial charge in [-0.15, -0.1) is 0 Å². The molecule has 0 atom stereocenters. The van der Waals surface area contributed by atoms with Crippen molar-refractivity contribution in [3.63, 3.8) is 0 Å². The van der Waals surface area contributed by atoms with Crippen molar-refractivity contribution in [1.82, 2.24) is 13.8 Å². The maximum atomic E-state index is 12.7. The average molecular weight is 456 g/mol. The van der Waals surface area contributed by atoms with Gasteiger partial charge in [0.25, 0.3) is 10.0 Å². The molecule has 1 aliphatic rings. The molecule has 1 N–H and O–H groups in total. The molecule has 2 heterocycles. The Labute approximate surface area is 179 Å². The average Bonchev–Trinajstić information content (AvgIpc) is 2.72. The van der Waals surface area contributed by atoms with Crippen LogP contribution in [0.1, 0.15) is 12.5 Å². The SMILES string of the molecule is CCOC(=O)N1CCN(Cc2ccn(S(=O)(=O)c3cccc(Cl)c3)c(=O)c2O)CC1. The van der Waals surface area contributed by atoms with Gasteiger partial charge in [-0.2, -0.15) is 0 Å². The van der Waals surface area contributed by atoms with Crippen molar-refractivity contribution in [1.29, 1.82) is 0 Å². The summed E-state index contributed by atoms with van der Waals surface area (Å²) in [5, 5.41) is 10.6. The molecule has 0 bridgehead atoms. The van der Waals surface area contributed by atoms with Crippen LogP contribution < -0.4 is 5.56 Å². The molecule has 11 heteroatoms. The van der Waals surface area contributed by atoms with Crippen LogP contribution in [0, 0.1) is 0 Å². The molecule has 0 aliphatic carbocycles. The Morgan fingerprint density at radius 2 is 1.90 bits per heavy atom. The van der Waals surface area contributed by atoms with Gasteiger partial charge in [-0.1, -0.05) is 17.7 Å². The summed E-state index contributed by atoms with van der Waals surface area (Å²) < 4.78 is 31.0. The number of halogens is 1. The smallest absolute Gasteiger partial charge is 0.409 e. The number of amides is 1. The quantitative estimate of drug-likeness (QED) is 0.731. The van der Waals surface area contributed by atoms with Crippen LogP contribution in [0.15, 0.2) is 46.2 Å². The fraction of sp³-hybridized carbons (Fsp3) is 0.368. The molecule has 1 amide bonds. The second kappa shape index (κ2) is 9.07. The first-order chi connectivity index (χ1) is 14.2. The number of piperazine rings is 1. The number of rotatable bonds is 5. The van der Waals surface area contributed by atoms with E-state index in [1.807, 2.05) is 4.90 Å². The largest absolute Gasteiger partial charge is 0.503 e. The predicted octanol–water partition coefficient (Wildman–Crippen LogP) is 1.72. The summed E-state index contributed by atoms with van der Waals surface area (Å²) in [6.45, 7) is 4.27. The summed E-state index contributed by atoms with van der Waals surface area (Å²) in [4.78, 5) is 27.7. The first kappa shape index (κ1) is 22.1. The summed E-state index contributed by atoms with van der Waals surface area (Å²) in [5.74, 6) is -0.629. The lowest BCUT2D eigenvalue weighted by Gasteiger charge is -2.34. The normalized spacial score (nSPS) is 15.2. The second-order valence-electron chi connectivity index (χ2n) is 6.72. The molecule has 0 unspecified atom stereocenters. The van der Waals surface area contributed by atoms with Crippen LogP contribution in [0.25, 0.3) is 0 Å². The van der Waals surface area contributed by atoms with Crippen molar-refractivity contribution in [2.24, 2.45) is 0 Å². The van der Waals surface area contributed by atoms with Crippen LogP contribution in [0.5, 0.6) is 5.75 Å². The van der Waals surface area contributed by atoms with E-state index in [-0.39, 0.29) is 22.6 Å². The molecule has 1 fully saturated rings. The Morgan fingerprint density at radius 1 is 1.20 bits per heavy atom. The minimum atomic E-state index is -4.20. The summed E-state index contributed by atoms with van der Waals surface area (Å²) in [5.41, 5.74) is -0.722. The zero-order valence-corrected chi connectivity index (χ0v) is 17.9. The number of aromatic nitrogens is 1. The van der Waals surface area contributed by atoms with E-state index in [0.29, 0.717) is 42.3 Å². The van der Waals surface area contributed by atoms with Crippen molar-refractivity contribution in [2.75, 3.05) is 32.8 Å². The van der Waals surface area contributed by atoms with Gasteiger partial charge in [-0.3, -0.25) is 9.69 Å². The zero-order chi connectivity index (χ0) is 21.9.